The van der Waals surface area contributed by atoms with E-state index in [9.17, 15) is 9.59 Å². The van der Waals surface area contributed by atoms with Crippen LogP contribution in [0.5, 0.6) is 11.5 Å². The summed E-state index contributed by atoms with van der Waals surface area (Å²) in [6.45, 7) is -0.282. The summed E-state index contributed by atoms with van der Waals surface area (Å²) in [5.41, 5.74) is 0. The summed E-state index contributed by atoms with van der Waals surface area (Å²) in [6, 6.07) is 15.7. The van der Waals surface area contributed by atoms with E-state index in [-0.39, 0.29) is 37.4 Å². The van der Waals surface area contributed by atoms with E-state index in [0.717, 1.165) is 60.1 Å². The summed E-state index contributed by atoms with van der Waals surface area (Å²) in [5, 5.41) is 3.35. The molecule has 0 radical (unpaired) electrons. The highest BCUT2D eigenvalue weighted by Crippen LogP contribution is 2.45. The Hall–Kier alpha value is -3.28. The van der Waals surface area contributed by atoms with E-state index in [1.54, 1.807) is 0 Å². The first-order chi connectivity index (χ1) is 21.7. The third-order valence-electron chi connectivity index (χ3n) is 11.1. The van der Waals surface area contributed by atoms with Gasteiger partial charge in [0.15, 0.2) is 13.2 Å². The molecule has 4 aliphatic rings. The molecule has 0 spiro atoms. The fourth-order valence-corrected chi connectivity index (χ4v) is 9.08. The summed E-state index contributed by atoms with van der Waals surface area (Å²) >= 11 is 0. The predicted molar refractivity (Wildman–Crippen MR) is 171 cm³/mol. The van der Waals surface area contributed by atoms with Crippen LogP contribution in [0.25, 0.3) is 21.5 Å². The molecule has 0 heterocycles. The lowest BCUT2D eigenvalue weighted by Crippen LogP contribution is -2.38. The molecule has 6 atom stereocenters. The Morgan fingerprint density at radius 2 is 0.864 bits per heavy atom. The van der Waals surface area contributed by atoms with Gasteiger partial charge in [0, 0.05) is 21.5 Å². The van der Waals surface area contributed by atoms with Gasteiger partial charge in [0.25, 0.3) is 0 Å². The van der Waals surface area contributed by atoms with Gasteiger partial charge in [0.2, 0.25) is 0 Å². The Balaban J connectivity index is 1.07. The van der Waals surface area contributed by atoms with E-state index in [1.165, 1.54) is 51.4 Å². The standard InChI is InChI=1S/C38H46O6/c39-35(43-33-21-9-13-25-11-1-3-15-27(25)33)23-41-37-29-17-5-7-19-31(29)38(32-20-8-6-18-30(32)37)42-24-36(40)44-34-22-10-14-26-12-2-4-16-28(26)34/h5-8,17-20,25-28,33-34H,1-4,9-16,21-24H2. The highest BCUT2D eigenvalue weighted by Gasteiger charge is 2.38. The molecule has 4 saturated carbocycles. The van der Waals surface area contributed by atoms with Crippen molar-refractivity contribution in [2.24, 2.45) is 23.7 Å². The largest absolute Gasteiger partial charge is 0.481 e. The molecular formula is C38H46O6. The van der Waals surface area contributed by atoms with Gasteiger partial charge < -0.3 is 18.9 Å². The maximum atomic E-state index is 13.1. The molecule has 4 fully saturated rings. The van der Waals surface area contributed by atoms with Crippen LogP contribution in [0.4, 0.5) is 0 Å². The highest BCUT2D eigenvalue weighted by atomic mass is 16.6. The van der Waals surface area contributed by atoms with E-state index >= 15 is 0 Å². The number of fused-ring (bicyclic) bond motifs is 4. The molecule has 3 aromatic rings. The molecule has 0 saturated heterocycles. The molecule has 6 nitrogen and oxygen atoms in total. The summed E-state index contributed by atoms with van der Waals surface area (Å²) in [5.74, 6) is 3.03. The van der Waals surface area contributed by atoms with Gasteiger partial charge >= 0.3 is 11.9 Å². The first-order valence-corrected chi connectivity index (χ1v) is 17.2. The number of hydrogen-bond donors (Lipinski definition) is 0. The number of benzene rings is 3. The third-order valence-corrected chi connectivity index (χ3v) is 11.1. The zero-order chi connectivity index (χ0) is 29.9. The maximum Gasteiger partial charge on any atom is 0.344 e. The van der Waals surface area contributed by atoms with Crippen LogP contribution in [-0.4, -0.2) is 37.4 Å². The van der Waals surface area contributed by atoms with Crippen LogP contribution < -0.4 is 9.47 Å². The monoisotopic (exact) mass is 598 g/mol. The summed E-state index contributed by atoms with van der Waals surface area (Å²) in [6.07, 6.45) is 16.6. The van der Waals surface area contributed by atoms with Crippen molar-refractivity contribution in [2.45, 2.75) is 102 Å². The SMILES string of the molecule is O=C(COc1c2ccccc2c(OCC(=O)OC2CCCC3CCCCC32)c2ccccc12)OC1CCCC2CCCCC21. The second-order valence-electron chi connectivity index (χ2n) is 13.7. The van der Waals surface area contributed by atoms with Gasteiger partial charge in [-0.05, 0) is 75.0 Å². The zero-order valence-electron chi connectivity index (χ0n) is 25.8. The molecule has 0 N–H and O–H groups in total. The highest BCUT2D eigenvalue weighted by molar-refractivity contribution is 6.11. The topological polar surface area (TPSA) is 71.1 Å². The van der Waals surface area contributed by atoms with Gasteiger partial charge in [-0.1, -0.05) is 87.1 Å². The summed E-state index contributed by atoms with van der Waals surface area (Å²) in [7, 11) is 0. The Kier molecular flexibility index (Phi) is 8.95. The number of rotatable bonds is 8. The molecule has 7 rings (SSSR count). The van der Waals surface area contributed by atoms with Crippen molar-refractivity contribution >= 4 is 33.5 Å². The van der Waals surface area contributed by atoms with Gasteiger partial charge in [0.05, 0.1) is 0 Å². The summed E-state index contributed by atoms with van der Waals surface area (Å²) < 4.78 is 24.7. The minimum atomic E-state index is -0.305. The van der Waals surface area contributed by atoms with Gasteiger partial charge in [-0.25, -0.2) is 9.59 Å². The van der Waals surface area contributed by atoms with Crippen molar-refractivity contribution in [3.05, 3.63) is 48.5 Å². The number of esters is 2. The van der Waals surface area contributed by atoms with Crippen molar-refractivity contribution in [3.8, 4) is 11.5 Å². The smallest absolute Gasteiger partial charge is 0.344 e. The van der Waals surface area contributed by atoms with Crippen LogP contribution >= 0.6 is 0 Å². The van der Waals surface area contributed by atoms with E-state index < -0.39 is 0 Å². The molecule has 0 bridgehead atoms. The molecule has 0 amide bonds. The quantitative estimate of drug-likeness (QED) is 0.191. The van der Waals surface area contributed by atoms with Crippen LogP contribution in [0.1, 0.15) is 89.9 Å². The van der Waals surface area contributed by atoms with Crippen molar-refractivity contribution < 1.29 is 28.5 Å². The Morgan fingerprint density at radius 1 is 0.500 bits per heavy atom. The van der Waals surface area contributed by atoms with E-state index in [0.29, 0.717) is 35.2 Å². The minimum absolute atomic E-state index is 0.00628. The molecule has 4 aliphatic carbocycles. The van der Waals surface area contributed by atoms with E-state index in [4.69, 9.17) is 18.9 Å². The number of ether oxygens (including phenoxy) is 4. The van der Waals surface area contributed by atoms with Crippen LogP contribution in [0.3, 0.4) is 0 Å². The van der Waals surface area contributed by atoms with Crippen molar-refractivity contribution in [1.29, 1.82) is 0 Å². The van der Waals surface area contributed by atoms with Crippen molar-refractivity contribution in [3.63, 3.8) is 0 Å². The third kappa shape index (κ3) is 6.14. The van der Waals surface area contributed by atoms with E-state index in [1.807, 2.05) is 48.5 Å². The fraction of sp³-hybridized carbons (Fsp3) is 0.579. The van der Waals surface area contributed by atoms with Crippen molar-refractivity contribution in [2.75, 3.05) is 13.2 Å². The number of carbonyl (C=O) groups excluding carboxylic acids is 2. The Bertz CT molecular complexity index is 1310. The van der Waals surface area contributed by atoms with Crippen LogP contribution in [0.15, 0.2) is 48.5 Å². The van der Waals surface area contributed by atoms with Gasteiger partial charge in [-0.15, -0.1) is 0 Å². The Labute approximate surface area is 260 Å². The van der Waals surface area contributed by atoms with E-state index in [2.05, 4.69) is 0 Å². The molecule has 234 valence electrons. The van der Waals surface area contributed by atoms with Gasteiger partial charge in [-0.3, -0.25) is 0 Å². The first-order valence-electron chi connectivity index (χ1n) is 17.2. The average Bonchev–Trinajstić information content (AvgIpc) is 3.06. The molecule has 44 heavy (non-hydrogen) atoms. The predicted octanol–water partition coefficient (Wildman–Crippen LogP) is 8.55. The lowest BCUT2D eigenvalue weighted by atomic mass is 9.69. The second kappa shape index (κ2) is 13.4. The number of hydrogen-bond acceptors (Lipinski definition) is 6. The number of carbonyl (C=O) groups is 2. The Morgan fingerprint density at radius 3 is 1.27 bits per heavy atom. The maximum absolute atomic E-state index is 13.1. The van der Waals surface area contributed by atoms with Gasteiger partial charge in [0.1, 0.15) is 23.7 Å². The van der Waals surface area contributed by atoms with Crippen LogP contribution in [0.2, 0.25) is 0 Å². The zero-order valence-corrected chi connectivity index (χ0v) is 25.8. The molecular weight excluding hydrogens is 552 g/mol. The molecule has 3 aromatic carbocycles. The first kappa shape index (κ1) is 29.4. The normalized spacial score (nSPS) is 28.5. The molecule has 0 aliphatic heterocycles. The van der Waals surface area contributed by atoms with Gasteiger partial charge in [-0.2, -0.15) is 0 Å². The molecule has 6 heteroatoms. The lowest BCUT2D eigenvalue weighted by molar-refractivity contribution is -0.159. The fourth-order valence-electron chi connectivity index (χ4n) is 9.08. The molecule has 6 unspecified atom stereocenters. The lowest BCUT2D eigenvalue weighted by Gasteiger charge is -2.40. The average molecular weight is 599 g/mol. The van der Waals surface area contributed by atoms with Crippen LogP contribution in [0, 0.1) is 23.7 Å². The van der Waals surface area contributed by atoms with Crippen molar-refractivity contribution in [1.82, 2.24) is 0 Å². The molecule has 0 aromatic heterocycles. The summed E-state index contributed by atoms with van der Waals surface area (Å²) in [4.78, 5) is 26.2. The second-order valence-corrected chi connectivity index (χ2v) is 13.7. The minimum Gasteiger partial charge on any atom is -0.481 e. The van der Waals surface area contributed by atoms with Crippen LogP contribution in [-0.2, 0) is 19.1 Å².